The number of carbonyl (C=O) groups excluding carboxylic acids is 1. The molecule has 1 saturated carbocycles. The van der Waals surface area contributed by atoms with Crippen molar-refractivity contribution < 1.29 is 9.53 Å². The number of H-pyrrole nitrogens is 1. The number of anilines is 1. The van der Waals surface area contributed by atoms with Crippen LogP contribution in [0.15, 0.2) is 47.3 Å². The zero-order chi connectivity index (χ0) is 31.1. The van der Waals surface area contributed by atoms with Gasteiger partial charge in [0.05, 0.1) is 7.11 Å². The summed E-state index contributed by atoms with van der Waals surface area (Å²) in [6.07, 6.45) is 7.36. The average Bonchev–Trinajstić information content (AvgIpc) is 2.98. The van der Waals surface area contributed by atoms with Gasteiger partial charge in [-0.25, -0.2) is 0 Å². The summed E-state index contributed by atoms with van der Waals surface area (Å²) in [6.45, 7) is 8.36. The van der Waals surface area contributed by atoms with E-state index in [0.29, 0.717) is 33.9 Å². The van der Waals surface area contributed by atoms with Crippen LogP contribution >= 0.6 is 23.2 Å². The number of rotatable bonds is 9. The molecule has 3 N–H and O–H groups in total. The second-order valence-corrected chi connectivity index (χ2v) is 11.2. The van der Waals surface area contributed by atoms with Crippen molar-refractivity contribution in [2.45, 2.75) is 72.0 Å². The van der Waals surface area contributed by atoms with Crippen LogP contribution in [0.1, 0.15) is 71.8 Å². The van der Waals surface area contributed by atoms with Gasteiger partial charge in [-0.3, -0.25) is 9.59 Å². The number of methoxy groups -OCH3 is 1. The van der Waals surface area contributed by atoms with E-state index in [2.05, 4.69) is 39.6 Å². The molecule has 7 nitrogen and oxygen atoms in total. The van der Waals surface area contributed by atoms with Gasteiger partial charge in [0.25, 0.3) is 0 Å². The molecule has 1 fully saturated rings. The van der Waals surface area contributed by atoms with E-state index in [1.807, 2.05) is 32.2 Å². The van der Waals surface area contributed by atoms with Gasteiger partial charge in [-0.15, -0.1) is 0 Å². The van der Waals surface area contributed by atoms with Crippen molar-refractivity contribution in [3.05, 3.63) is 90.8 Å². The molecule has 3 aromatic rings. The third-order valence-corrected chi connectivity index (χ3v) is 7.83. The molecular weight excluding hydrogens is 571 g/mol. The highest BCUT2D eigenvalue weighted by Gasteiger charge is 2.22. The number of carbonyl (C=O) groups is 1. The standard InChI is InChI=1S/C16H22ClNO.C9H13NO.C8H11ClN2O/c1-3-18(15-7-5-4-6-8-15)16-10-14(17)9-13(11-19)12(16)2;1-10-7-8-3-5-9(11-2)6-4-8;1-5-3-7(12)6(4-10-2)8(9)11-5/h9-11,15H,3-8H2,1-2H3;3-6,10H,7H2,1-2H3;3,10H,4H2,1-2H3,(H,11,12). The predicted molar refractivity (Wildman–Crippen MR) is 177 cm³/mol. The van der Waals surface area contributed by atoms with Crippen LogP contribution in [-0.2, 0) is 13.1 Å². The van der Waals surface area contributed by atoms with Crippen LogP contribution in [0.3, 0.4) is 0 Å². The van der Waals surface area contributed by atoms with Crippen molar-refractivity contribution in [2.75, 3.05) is 32.6 Å². The summed E-state index contributed by atoms with van der Waals surface area (Å²) in [5.74, 6) is 0.907. The maximum absolute atomic E-state index is 11.3. The van der Waals surface area contributed by atoms with Crippen LogP contribution in [-0.4, -0.2) is 45.1 Å². The van der Waals surface area contributed by atoms with Gasteiger partial charge in [-0.05, 0) is 83.1 Å². The first-order valence-electron chi connectivity index (χ1n) is 14.5. The minimum atomic E-state index is -0.0226. The molecule has 9 heteroatoms. The molecule has 2 aromatic carbocycles. The number of nitrogens with one attached hydrogen (secondary N) is 3. The van der Waals surface area contributed by atoms with E-state index in [1.165, 1.54) is 37.7 Å². The number of aromatic nitrogens is 1. The van der Waals surface area contributed by atoms with E-state index < -0.39 is 0 Å². The van der Waals surface area contributed by atoms with Crippen LogP contribution in [0.4, 0.5) is 5.69 Å². The van der Waals surface area contributed by atoms with E-state index in [-0.39, 0.29) is 5.43 Å². The van der Waals surface area contributed by atoms with E-state index in [0.717, 1.165) is 42.1 Å². The molecule has 1 aliphatic carbocycles. The molecule has 1 aromatic heterocycles. The number of ether oxygens (including phenoxy) is 1. The van der Waals surface area contributed by atoms with E-state index in [1.54, 1.807) is 33.2 Å². The topological polar surface area (TPSA) is 86.5 Å². The smallest absolute Gasteiger partial charge is 0.187 e. The second kappa shape index (κ2) is 18.6. The Kier molecular flexibility index (Phi) is 15.7. The number of nitrogens with zero attached hydrogens (tertiary/aromatic N) is 1. The normalized spacial score (nSPS) is 12.9. The molecule has 4 rings (SSSR count). The Morgan fingerprint density at radius 1 is 1.00 bits per heavy atom. The lowest BCUT2D eigenvalue weighted by Crippen LogP contribution is -2.37. The largest absolute Gasteiger partial charge is 0.497 e. The Hall–Kier alpha value is -2.84. The van der Waals surface area contributed by atoms with Gasteiger partial charge in [0.2, 0.25) is 0 Å². The first-order chi connectivity index (χ1) is 20.2. The number of aromatic amines is 1. The van der Waals surface area contributed by atoms with Crippen LogP contribution in [0.25, 0.3) is 0 Å². The lowest BCUT2D eigenvalue weighted by molar-refractivity contribution is 0.112. The Labute approximate surface area is 261 Å². The SMILES string of the molecule is CCN(c1cc(Cl)cc(C=O)c1C)C1CCCCC1.CNCc1c(Cl)[nH]c(C)cc1=O.CNCc1ccc(OC)cc1. The summed E-state index contributed by atoms with van der Waals surface area (Å²) < 4.78 is 5.03. The summed E-state index contributed by atoms with van der Waals surface area (Å²) in [5, 5.41) is 7.04. The molecule has 0 amide bonds. The molecular formula is C33H46Cl2N4O3. The molecule has 0 unspecified atom stereocenters. The molecule has 1 aliphatic rings. The number of benzene rings is 2. The van der Waals surface area contributed by atoms with Gasteiger partial charge in [-0.2, -0.15) is 0 Å². The van der Waals surface area contributed by atoms with Gasteiger partial charge in [0.15, 0.2) is 5.43 Å². The van der Waals surface area contributed by atoms with Gasteiger partial charge in [0.1, 0.15) is 17.2 Å². The summed E-state index contributed by atoms with van der Waals surface area (Å²) in [6, 6.07) is 13.9. The minimum absolute atomic E-state index is 0.0226. The van der Waals surface area contributed by atoms with Crippen molar-refractivity contribution in [1.29, 1.82) is 0 Å². The fourth-order valence-electron chi connectivity index (χ4n) is 5.09. The van der Waals surface area contributed by atoms with E-state index in [4.69, 9.17) is 27.9 Å². The Balaban J connectivity index is 0.000000233. The zero-order valence-corrected chi connectivity index (χ0v) is 27.3. The molecule has 230 valence electrons. The van der Waals surface area contributed by atoms with Crippen molar-refractivity contribution in [3.63, 3.8) is 0 Å². The lowest BCUT2D eigenvalue weighted by Gasteiger charge is -2.36. The third-order valence-electron chi connectivity index (χ3n) is 7.29. The molecule has 0 radical (unpaired) electrons. The number of hydrogen-bond donors (Lipinski definition) is 3. The fourth-order valence-corrected chi connectivity index (χ4v) is 5.62. The zero-order valence-electron chi connectivity index (χ0n) is 25.8. The van der Waals surface area contributed by atoms with Crippen molar-refractivity contribution in [3.8, 4) is 5.75 Å². The molecule has 0 bridgehead atoms. The average molecular weight is 618 g/mol. The molecule has 0 aliphatic heterocycles. The lowest BCUT2D eigenvalue weighted by atomic mass is 9.93. The highest BCUT2D eigenvalue weighted by atomic mass is 35.5. The summed E-state index contributed by atoms with van der Waals surface area (Å²) in [4.78, 5) is 27.8. The monoisotopic (exact) mass is 616 g/mol. The van der Waals surface area contributed by atoms with E-state index in [9.17, 15) is 9.59 Å². The van der Waals surface area contributed by atoms with Gasteiger partial charge in [-0.1, -0.05) is 54.6 Å². The fraction of sp³-hybridized carbons (Fsp3) is 0.455. The summed E-state index contributed by atoms with van der Waals surface area (Å²) in [5.41, 5.74) is 5.50. The molecule has 0 spiro atoms. The third kappa shape index (κ3) is 10.8. The van der Waals surface area contributed by atoms with Gasteiger partial charge in [0, 0.05) is 59.3 Å². The highest BCUT2D eigenvalue weighted by molar-refractivity contribution is 6.31. The number of pyridine rings is 1. The summed E-state index contributed by atoms with van der Waals surface area (Å²) in [7, 11) is 5.38. The summed E-state index contributed by atoms with van der Waals surface area (Å²) >= 11 is 12.0. The maximum atomic E-state index is 11.3. The molecule has 42 heavy (non-hydrogen) atoms. The van der Waals surface area contributed by atoms with Crippen LogP contribution in [0.2, 0.25) is 10.2 Å². The van der Waals surface area contributed by atoms with Gasteiger partial charge < -0.3 is 25.3 Å². The Morgan fingerprint density at radius 3 is 2.17 bits per heavy atom. The van der Waals surface area contributed by atoms with Crippen molar-refractivity contribution in [2.24, 2.45) is 0 Å². The maximum Gasteiger partial charge on any atom is 0.187 e. The van der Waals surface area contributed by atoms with Crippen molar-refractivity contribution in [1.82, 2.24) is 15.6 Å². The molecule has 0 saturated heterocycles. The first-order valence-corrected chi connectivity index (χ1v) is 15.3. The number of hydrogen-bond acceptors (Lipinski definition) is 6. The van der Waals surface area contributed by atoms with Crippen LogP contribution in [0, 0.1) is 13.8 Å². The van der Waals surface area contributed by atoms with E-state index >= 15 is 0 Å². The Morgan fingerprint density at radius 2 is 1.64 bits per heavy atom. The number of aryl methyl sites for hydroxylation is 1. The minimum Gasteiger partial charge on any atom is -0.497 e. The number of aldehydes is 1. The molecule has 1 heterocycles. The Bertz CT molecular complexity index is 1310. The van der Waals surface area contributed by atoms with Gasteiger partial charge >= 0.3 is 0 Å². The predicted octanol–water partition coefficient (Wildman–Crippen LogP) is 7.09. The van der Waals surface area contributed by atoms with Crippen LogP contribution in [0.5, 0.6) is 5.75 Å². The quantitative estimate of drug-likeness (QED) is 0.176. The van der Waals surface area contributed by atoms with Crippen molar-refractivity contribution >= 4 is 35.2 Å². The number of halogens is 2. The second-order valence-electron chi connectivity index (χ2n) is 10.4. The van der Waals surface area contributed by atoms with Crippen LogP contribution < -0.4 is 25.7 Å². The first kappa shape index (κ1) is 35.4. The highest BCUT2D eigenvalue weighted by Crippen LogP contribution is 2.32. The molecule has 0 atom stereocenters.